The third-order valence-electron chi connectivity index (χ3n) is 5.28. The molecule has 1 aliphatic heterocycles. The number of hydrogen-bond acceptors (Lipinski definition) is 6. The van der Waals surface area contributed by atoms with Gasteiger partial charge in [-0.1, -0.05) is 0 Å². The fraction of sp³-hybridized carbons (Fsp3) is 0.316. The first-order chi connectivity index (χ1) is 13.8. The molecule has 9 nitrogen and oxygen atoms in total. The fourth-order valence-corrected chi connectivity index (χ4v) is 4.76. The van der Waals surface area contributed by atoms with E-state index in [1.165, 1.54) is 47.4 Å². The van der Waals surface area contributed by atoms with Crippen LogP contribution in [0.25, 0.3) is 0 Å². The highest BCUT2D eigenvalue weighted by molar-refractivity contribution is 7.14. The average molecular weight is 414 g/mol. The van der Waals surface area contributed by atoms with E-state index in [1.807, 2.05) is 6.07 Å². The van der Waals surface area contributed by atoms with Crippen molar-refractivity contribution in [3.05, 3.63) is 61.3 Å². The van der Waals surface area contributed by atoms with Crippen LogP contribution in [0.2, 0.25) is 0 Å². The highest BCUT2D eigenvalue weighted by Crippen LogP contribution is 2.31. The molecule has 1 atom stereocenters. The quantitative estimate of drug-likeness (QED) is 0.452. The number of thiophene rings is 1. The number of urea groups is 1. The van der Waals surface area contributed by atoms with Crippen molar-refractivity contribution in [3.8, 4) is 0 Å². The maximum Gasteiger partial charge on any atom is 0.344 e. The molecule has 0 bridgehead atoms. The van der Waals surface area contributed by atoms with Gasteiger partial charge in [0.2, 0.25) is 0 Å². The van der Waals surface area contributed by atoms with Crippen molar-refractivity contribution in [3.63, 3.8) is 0 Å². The number of nitro groups is 1. The molecule has 0 saturated carbocycles. The molecule has 1 fully saturated rings. The molecular formula is C19H18N4O5S. The van der Waals surface area contributed by atoms with Crippen molar-refractivity contribution in [2.75, 3.05) is 0 Å². The fourth-order valence-electron chi connectivity index (χ4n) is 3.61. The van der Waals surface area contributed by atoms with Crippen LogP contribution in [-0.4, -0.2) is 27.8 Å². The number of carbonyl (C=O) groups is 3. The number of imide groups is 1. The molecule has 1 aliphatic carbocycles. The lowest BCUT2D eigenvalue weighted by molar-refractivity contribution is -0.384. The molecule has 0 unspecified atom stereocenters. The zero-order chi connectivity index (χ0) is 20.8. The number of carbonyl (C=O) groups excluding carboxylic acids is 3. The van der Waals surface area contributed by atoms with Gasteiger partial charge in [-0.25, -0.2) is 4.79 Å². The largest absolute Gasteiger partial charge is 0.344 e. The predicted octanol–water partition coefficient (Wildman–Crippen LogP) is 2.65. The minimum Gasteiger partial charge on any atom is -0.318 e. The van der Waals surface area contributed by atoms with Gasteiger partial charge in [-0.3, -0.25) is 25.1 Å². The van der Waals surface area contributed by atoms with Gasteiger partial charge in [0, 0.05) is 17.0 Å². The summed E-state index contributed by atoms with van der Waals surface area (Å²) in [5.74, 6) is -1.17. The van der Waals surface area contributed by atoms with E-state index in [9.17, 15) is 24.5 Å². The van der Waals surface area contributed by atoms with Gasteiger partial charge in [-0.05, 0) is 61.9 Å². The van der Waals surface area contributed by atoms with Gasteiger partial charge in [0.05, 0.1) is 9.80 Å². The molecule has 29 heavy (non-hydrogen) atoms. The van der Waals surface area contributed by atoms with E-state index in [-0.39, 0.29) is 5.69 Å². The molecular weight excluding hydrogens is 396 g/mol. The highest BCUT2D eigenvalue weighted by atomic mass is 32.1. The molecule has 2 aliphatic rings. The second-order valence-corrected chi connectivity index (χ2v) is 8.34. The number of aryl methyl sites for hydroxylation is 2. The van der Waals surface area contributed by atoms with E-state index in [0.717, 1.165) is 31.2 Å². The van der Waals surface area contributed by atoms with E-state index in [2.05, 4.69) is 10.7 Å². The van der Waals surface area contributed by atoms with Gasteiger partial charge in [-0.2, -0.15) is 5.01 Å². The van der Waals surface area contributed by atoms with E-state index in [0.29, 0.717) is 15.4 Å². The minimum absolute atomic E-state index is 0.124. The van der Waals surface area contributed by atoms with Gasteiger partial charge in [0.25, 0.3) is 17.5 Å². The summed E-state index contributed by atoms with van der Waals surface area (Å²) in [6.45, 7) is 1.49. The lowest BCUT2D eigenvalue weighted by atomic mass is 9.92. The van der Waals surface area contributed by atoms with Crippen molar-refractivity contribution in [1.29, 1.82) is 0 Å². The maximum atomic E-state index is 12.9. The van der Waals surface area contributed by atoms with Crippen LogP contribution in [-0.2, 0) is 23.2 Å². The number of fused-ring (bicyclic) bond motifs is 1. The maximum absolute atomic E-state index is 12.9. The van der Waals surface area contributed by atoms with Crippen LogP contribution >= 0.6 is 11.3 Å². The summed E-state index contributed by atoms with van der Waals surface area (Å²) in [5, 5.41) is 14.1. The summed E-state index contributed by atoms with van der Waals surface area (Å²) < 4.78 is 0. The molecule has 2 aromatic rings. The number of hydrogen-bond donors (Lipinski definition) is 2. The van der Waals surface area contributed by atoms with Crippen LogP contribution in [0.3, 0.4) is 0 Å². The van der Waals surface area contributed by atoms with Gasteiger partial charge in [-0.15, -0.1) is 11.3 Å². The zero-order valence-corrected chi connectivity index (χ0v) is 16.4. The van der Waals surface area contributed by atoms with Crippen LogP contribution < -0.4 is 10.7 Å². The zero-order valence-electron chi connectivity index (χ0n) is 15.6. The smallest absolute Gasteiger partial charge is 0.318 e. The Balaban J connectivity index is 1.54. The summed E-state index contributed by atoms with van der Waals surface area (Å²) in [4.78, 5) is 49.8. The summed E-state index contributed by atoms with van der Waals surface area (Å²) in [7, 11) is 0. The standard InChI is InChI=1S/C19H18N4O5S/c1-19(12-6-8-13(9-7-12)23(27)28)17(25)22(18(26)20-19)21-16(24)15-10-11-4-2-3-5-14(11)29-15/h6-10H,2-5H2,1H3,(H,20,26)(H,21,24)/t19-/m1/s1. The average Bonchev–Trinajstić information content (AvgIpc) is 3.23. The van der Waals surface area contributed by atoms with E-state index in [1.54, 1.807) is 0 Å². The van der Waals surface area contributed by atoms with Crippen molar-refractivity contribution in [2.24, 2.45) is 0 Å². The molecule has 1 saturated heterocycles. The second-order valence-electron chi connectivity index (χ2n) is 7.21. The Hall–Kier alpha value is -3.27. The second kappa shape index (κ2) is 6.96. The van der Waals surface area contributed by atoms with Crippen LogP contribution in [0, 0.1) is 10.1 Å². The Morgan fingerprint density at radius 1 is 1.24 bits per heavy atom. The van der Waals surface area contributed by atoms with Gasteiger partial charge in [0.1, 0.15) is 5.54 Å². The first kappa shape index (κ1) is 19.1. The molecule has 10 heteroatoms. The Labute approximate surface area is 169 Å². The first-order valence-electron chi connectivity index (χ1n) is 9.14. The third-order valence-corrected chi connectivity index (χ3v) is 6.52. The molecule has 0 spiro atoms. The number of rotatable bonds is 4. The number of nitro benzene ring substituents is 1. The van der Waals surface area contributed by atoms with Crippen LogP contribution in [0.5, 0.6) is 0 Å². The van der Waals surface area contributed by atoms with E-state index < -0.39 is 28.3 Å². The Kier molecular flexibility index (Phi) is 4.58. The molecule has 2 heterocycles. The lowest BCUT2D eigenvalue weighted by Gasteiger charge is -2.21. The predicted molar refractivity (Wildman–Crippen MR) is 104 cm³/mol. The number of nitrogens with one attached hydrogen (secondary N) is 2. The summed E-state index contributed by atoms with van der Waals surface area (Å²) in [6, 6.07) is 6.41. The van der Waals surface area contributed by atoms with Crippen molar-refractivity contribution in [2.45, 2.75) is 38.1 Å². The molecule has 150 valence electrons. The normalized spacial score (nSPS) is 20.9. The van der Waals surface area contributed by atoms with Crippen molar-refractivity contribution >= 4 is 34.9 Å². The highest BCUT2D eigenvalue weighted by Gasteiger charge is 2.50. The number of non-ortho nitro benzene ring substituents is 1. The van der Waals surface area contributed by atoms with E-state index in [4.69, 9.17) is 0 Å². The molecule has 0 radical (unpaired) electrons. The third kappa shape index (κ3) is 3.25. The van der Waals surface area contributed by atoms with Gasteiger partial charge < -0.3 is 5.32 Å². The van der Waals surface area contributed by atoms with Gasteiger partial charge >= 0.3 is 6.03 Å². The number of nitrogens with zero attached hydrogens (tertiary/aromatic N) is 2. The van der Waals surface area contributed by atoms with Crippen LogP contribution in [0.15, 0.2) is 30.3 Å². The summed E-state index contributed by atoms with van der Waals surface area (Å²) in [5.41, 5.74) is 2.36. The molecule has 2 N–H and O–H groups in total. The molecule has 4 amide bonds. The Bertz CT molecular complexity index is 1010. The lowest BCUT2D eigenvalue weighted by Crippen LogP contribution is -2.47. The minimum atomic E-state index is -1.44. The molecule has 1 aromatic heterocycles. The topological polar surface area (TPSA) is 122 Å². The Morgan fingerprint density at radius 3 is 2.59 bits per heavy atom. The van der Waals surface area contributed by atoms with Crippen molar-refractivity contribution in [1.82, 2.24) is 15.8 Å². The number of amides is 4. The number of hydrazine groups is 1. The van der Waals surface area contributed by atoms with E-state index >= 15 is 0 Å². The Morgan fingerprint density at radius 2 is 1.93 bits per heavy atom. The SMILES string of the molecule is C[C@]1(c2ccc([N+](=O)[O-])cc2)NC(=O)N(NC(=O)c2cc3c(s2)CCCC3)C1=O. The molecule has 4 rings (SSSR count). The summed E-state index contributed by atoms with van der Waals surface area (Å²) >= 11 is 1.38. The summed E-state index contributed by atoms with van der Waals surface area (Å²) in [6.07, 6.45) is 4.05. The monoisotopic (exact) mass is 414 g/mol. The van der Waals surface area contributed by atoms with Crippen molar-refractivity contribution < 1.29 is 19.3 Å². The molecule has 1 aromatic carbocycles. The first-order valence-corrected chi connectivity index (χ1v) is 9.95. The van der Waals surface area contributed by atoms with Gasteiger partial charge in [0.15, 0.2) is 0 Å². The number of benzene rings is 1. The van der Waals surface area contributed by atoms with Crippen LogP contribution in [0.4, 0.5) is 10.5 Å². The van der Waals surface area contributed by atoms with Crippen LogP contribution in [0.1, 0.15) is 45.4 Å².